The van der Waals surface area contributed by atoms with E-state index in [1.807, 2.05) is 0 Å². The SMILES string of the molecule is COc1cc(/C=N/NS(=O)(=O)c2ccc(Br)cc2)cc(OC)c1O. The third kappa shape index (κ3) is 4.18. The number of sulfonamides is 1. The molecule has 128 valence electrons. The van der Waals surface area contributed by atoms with Crippen LogP contribution in [0.5, 0.6) is 17.2 Å². The lowest BCUT2D eigenvalue weighted by Gasteiger charge is -2.09. The Kier molecular flexibility index (Phi) is 5.68. The molecule has 9 heteroatoms. The molecule has 24 heavy (non-hydrogen) atoms. The van der Waals surface area contributed by atoms with Gasteiger partial charge >= 0.3 is 0 Å². The van der Waals surface area contributed by atoms with Crippen LogP contribution in [0.4, 0.5) is 0 Å². The Morgan fingerprint density at radius 2 is 1.67 bits per heavy atom. The van der Waals surface area contributed by atoms with Crippen LogP contribution in [0.3, 0.4) is 0 Å². The summed E-state index contributed by atoms with van der Waals surface area (Å²) in [7, 11) is -0.978. The number of methoxy groups -OCH3 is 2. The highest BCUT2D eigenvalue weighted by Crippen LogP contribution is 2.36. The topological polar surface area (TPSA) is 97.2 Å². The Morgan fingerprint density at radius 3 is 2.17 bits per heavy atom. The van der Waals surface area contributed by atoms with Crippen molar-refractivity contribution >= 4 is 32.2 Å². The van der Waals surface area contributed by atoms with Gasteiger partial charge in [0.2, 0.25) is 5.75 Å². The van der Waals surface area contributed by atoms with Crippen molar-refractivity contribution in [2.45, 2.75) is 4.90 Å². The molecule has 0 aliphatic heterocycles. The van der Waals surface area contributed by atoms with E-state index >= 15 is 0 Å². The number of hydrogen-bond acceptors (Lipinski definition) is 6. The Balaban J connectivity index is 2.21. The van der Waals surface area contributed by atoms with Crippen LogP contribution in [-0.2, 0) is 10.0 Å². The van der Waals surface area contributed by atoms with Gasteiger partial charge in [0.25, 0.3) is 10.0 Å². The first-order valence-electron chi connectivity index (χ1n) is 6.63. The summed E-state index contributed by atoms with van der Waals surface area (Å²) in [5.74, 6) is 0.228. The van der Waals surface area contributed by atoms with Crippen molar-refractivity contribution in [1.82, 2.24) is 4.83 Å². The summed E-state index contributed by atoms with van der Waals surface area (Å²) >= 11 is 3.24. The molecule has 2 N–H and O–H groups in total. The Hall–Kier alpha value is -2.26. The van der Waals surface area contributed by atoms with E-state index < -0.39 is 10.0 Å². The third-order valence-corrected chi connectivity index (χ3v) is 4.78. The van der Waals surface area contributed by atoms with Crippen molar-refractivity contribution < 1.29 is 23.0 Å². The van der Waals surface area contributed by atoms with Gasteiger partial charge in [0, 0.05) is 10.0 Å². The highest BCUT2D eigenvalue weighted by Gasteiger charge is 2.13. The number of nitrogens with one attached hydrogen (secondary N) is 1. The number of hydrazone groups is 1. The Bertz CT molecular complexity index is 826. The summed E-state index contributed by atoms with van der Waals surface area (Å²) in [5, 5.41) is 13.6. The molecule has 0 aliphatic rings. The highest BCUT2D eigenvalue weighted by molar-refractivity contribution is 9.10. The molecule has 0 saturated heterocycles. The van der Waals surface area contributed by atoms with Gasteiger partial charge in [-0.05, 0) is 36.4 Å². The molecule has 0 atom stereocenters. The zero-order valence-corrected chi connectivity index (χ0v) is 15.3. The normalized spacial score (nSPS) is 11.5. The first kappa shape index (κ1) is 18.1. The minimum Gasteiger partial charge on any atom is -0.502 e. The molecule has 0 bridgehead atoms. The maximum absolute atomic E-state index is 12.1. The maximum Gasteiger partial charge on any atom is 0.276 e. The molecule has 0 unspecified atom stereocenters. The molecule has 0 fully saturated rings. The van der Waals surface area contributed by atoms with Crippen LogP contribution in [0.25, 0.3) is 0 Å². The number of phenols is 1. The lowest BCUT2D eigenvalue weighted by atomic mass is 10.2. The van der Waals surface area contributed by atoms with Crippen LogP contribution >= 0.6 is 15.9 Å². The smallest absolute Gasteiger partial charge is 0.276 e. The van der Waals surface area contributed by atoms with Crippen LogP contribution in [0.1, 0.15) is 5.56 Å². The Morgan fingerprint density at radius 1 is 1.12 bits per heavy atom. The molecule has 2 aromatic rings. The van der Waals surface area contributed by atoms with E-state index in [9.17, 15) is 13.5 Å². The number of hydrogen-bond donors (Lipinski definition) is 2. The zero-order valence-electron chi connectivity index (χ0n) is 12.9. The van der Waals surface area contributed by atoms with Gasteiger partial charge in [-0.1, -0.05) is 15.9 Å². The molecular formula is C15H15BrN2O5S. The molecule has 0 amide bonds. The number of halogens is 1. The van der Waals surface area contributed by atoms with Gasteiger partial charge in [0.05, 0.1) is 25.3 Å². The van der Waals surface area contributed by atoms with E-state index in [1.54, 1.807) is 12.1 Å². The summed E-state index contributed by atoms with van der Waals surface area (Å²) < 4.78 is 35.0. The largest absolute Gasteiger partial charge is 0.502 e. The standard InChI is InChI=1S/C15H15BrN2O5S/c1-22-13-7-10(8-14(23-2)15(13)19)9-17-18-24(20,21)12-5-3-11(16)4-6-12/h3-9,18-19H,1-2H3/b17-9+. The number of benzene rings is 2. The third-order valence-electron chi connectivity index (χ3n) is 3.01. The van der Waals surface area contributed by atoms with Crippen LogP contribution < -0.4 is 14.3 Å². The predicted molar refractivity (Wildman–Crippen MR) is 93.3 cm³/mol. The molecule has 0 aromatic heterocycles. The lowest BCUT2D eigenvalue weighted by Crippen LogP contribution is -2.18. The predicted octanol–water partition coefficient (Wildman–Crippen LogP) is 2.48. The van der Waals surface area contributed by atoms with E-state index in [0.717, 1.165) is 4.47 Å². The molecule has 0 saturated carbocycles. The van der Waals surface area contributed by atoms with Crippen molar-refractivity contribution in [3.05, 3.63) is 46.4 Å². The van der Waals surface area contributed by atoms with Crippen molar-refractivity contribution in [2.24, 2.45) is 5.10 Å². The van der Waals surface area contributed by atoms with E-state index in [-0.39, 0.29) is 22.1 Å². The molecule has 0 aliphatic carbocycles. The van der Waals surface area contributed by atoms with Crippen molar-refractivity contribution in [1.29, 1.82) is 0 Å². The van der Waals surface area contributed by atoms with Crippen LogP contribution in [0, 0.1) is 0 Å². The Labute approximate surface area is 148 Å². The fourth-order valence-electron chi connectivity index (χ4n) is 1.83. The molecule has 2 aromatic carbocycles. The number of phenolic OH excluding ortho intramolecular Hbond substituents is 1. The summed E-state index contributed by atoms with van der Waals surface area (Å²) in [6.45, 7) is 0. The highest BCUT2D eigenvalue weighted by atomic mass is 79.9. The van der Waals surface area contributed by atoms with E-state index in [0.29, 0.717) is 5.56 Å². The average molecular weight is 415 g/mol. The lowest BCUT2D eigenvalue weighted by molar-refractivity contribution is 0.340. The van der Waals surface area contributed by atoms with Gasteiger partial charge in [-0.2, -0.15) is 13.5 Å². The number of aromatic hydroxyl groups is 1. The second kappa shape index (κ2) is 7.54. The minimum atomic E-state index is -3.77. The molecule has 2 rings (SSSR count). The van der Waals surface area contributed by atoms with Crippen LogP contribution in [0.2, 0.25) is 0 Å². The van der Waals surface area contributed by atoms with Crippen LogP contribution in [-0.4, -0.2) is 34.0 Å². The number of ether oxygens (including phenoxy) is 2. The number of nitrogens with zero attached hydrogens (tertiary/aromatic N) is 1. The average Bonchev–Trinajstić information content (AvgIpc) is 2.56. The molecule has 0 spiro atoms. The van der Waals surface area contributed by atoms with Crippen molar-refractivity contribution in [2.75, 3.05) is 14.2 Å². The second-order valence-electron chi connectivity index (χ2n) is 4.58. The van der Waals surface area contributed by atoms with Gasteiger partial charge in [-0.15, -0.1) is 0 Å². The fourth-order valence-corrected chi connectivity index (χ4v) is 2.88. The van der Waals surface area contributed by atoms with Gasteiger partial charge in [-0.25, -0.2) is 4.83 Å². The fraction of sp³-hybridized carbons (Fsp3) is 0.133. The van der Waals surface area contributed by atoms with Gasteiger partial charge in [-0.3, -0.25) is 0 Å². The van der Waals surface area contributed by atoms with E-state index in [4.69, 9.17) is 9.47 Å². The molecule has 0 radical (unpaired) electrons. The summed E-state index contributed by atoms with van der Waals surface area (Å²) in [5.41, 5.74) is 0.486. The summed E-state index contributed by atoms with van der Waals surface area (Å²) in [4.78, 5) is 2.20. The van der Waals surface area contributed by atoms with Crippen LogP contribution in [0.15, 0.2) is 50.9 Å². The van der Waals surface area contributed by atoms with E-state index in [2.05, 4.69) is 25.9 Å². The second-order valence-corrected chi connectivity index (χ2v) is 7.16. The minimum absolute atomic E-state index is 0.0868. The quantitative estimate of drug-likeness (QED) is 0.558. The molecule has 0 heterocycles. The monoisotopic (exact) mass is 414 g/mol. The summed E-state index contributed by atoms with van der Waals surface area (Å²) in [6.07, 6.45) is 1.28. The van der Waals surface area contributed by atoms with Crippen molar-refractivity contribution in [3.63, 3.8) is 0 Å². The first-order valence-corrected chi connectivity index (χ1v) is 8.90. The zero-order chi connectivity index (χ0) is 17.7. The van der Waals surface area contributed by atoms with Crippen molar-refractivity contribution in [3.8, 4) is 17.2 Å². The van der Waals surface area contributed by atoms with Gasteiger partial charge in [0.1, 0.15) is 0 Å². The van der Waals surface area contributed by atoms with Gasteiger partial charge < -0.3 is 14.6 Å². The maximum atomic E-state index is 12.1. The van der Waals surface area contributed by atoms with E-state index in [1.165, 1.54) is 44.7 Å². The first-order chi connectivity index (χ1) is 11.4. The summed E-state index contributed by atoms with van der Waals surface area (Å²) in [6, 6.07) is 9.13. The van der Waals surface area contributed by atoms with Gasteiger partial charge in [0.15, 0.2) is 11.5 Å². The molecule has 7 nitrogen and oxygen atoms in total. The molecular weight excluding hydrogens is 400 g/mol. The number of rotatable bonds is 6.